The number of nitrogens with zero attached hydrogens (tertiary/aromatic N) is 3. The number of allylic oxidation sites excluding steroid dienone is 2. The number of rotatable bonds is 5. The van der Waals surface area contributed by atoms with Gasteiger partial charge in [0.1, 0.15) is 11.8 Å². The summed E-state index contributed by atoms with van der Waals surface area (Å²) < 4.78 is 24.8. The number of hydrogen-bond acceptors (Lipinski definition) is 5. The number of carbonyl (C=O) groups is 2. The molecule has 2 amide bonds. The Hall–Kier alpha value is -2.64. The van der Waals surface area contributed by atoms with Crippen molar-refractivity contribution in [3.63, 3.8) is 0 Å². The highest BCUT2D eigenvalue weighted by Crippen LogP contribution is 2.32. The molecule has 2 fully saturated rings. The van der Waals surface area contributed by atoms with Gasteiger partial charge in [0, 0.05) is 37.8 Å². The number of aromatic nitrogens is 1. The molecule has 0 radical (unpaired) electrons. The minimum atomic E-state index is -0.870. The average Bonchev–Trinajstić information content (AvgIpc) is 3.28. The maximum Gasteiger partial charge on any atom is 0.410 e. The molecule has 8 heteroatoms. The largest absolute Gasteiger partial charge is 0.477 e. The fraction of sp³-hybridized carbons (Fsp3) is 0.667. The Balaban J connectivity index is 1.20. The first-order chi connectivity index (χ1) is 16.7. The van der Waals surface area contributed by atoms with E-state index >= 15 is 0 Å². The van der Waals surface area contributed by atoms with Gasteiger partial charge in [-0.1, -0.05) is 6.08 Å². The highest BCUT2D eigenvalue weighted by atomic mass is 19.1. The molecular formula is C27H38FN3O4. The lowest BCUT2D eigenvalue weighted by Gasteiger charge is -2.33. The molecule has 192 valence electrons. The number of halogens is 1. The second-order valence-electron chi connectivity index (χ2n) is 11.0. The topological polar surface area (TPSA) is 72.0 Å². The lowest BCUT2D eigenvalue weighted by Crippen LogP contribution is -2.42. The predicted octanol–water partition coefficient (Wildman–Crippen LogP) is 4.86. The van der Waals surface area contributed by atoms with E-state index in [9.17, 15) is 14.0 Å². The minimum Gasteiger partial charge on any atom is -0.477 e. The molecule has 0 spiro atoms. The second kappa shape index (κ2) is 11.0. The zero-order valence-corrected chi connectivity index (χ0v) is 21.2. The van der Waals surface area contributed by atoms with Gasteiger partial charge in [-0.15, -0.1) is 0 Å². The van der Waals surface area contributed by atoms with E-state index in [1.165, 1.54) is 5.57 Å². The normalized spacial score (nSPS) is 23.7. The Labute approximate surface area is 207 Å². The lowest BCUT2D eigenvalue weighted by atomic mass is 9.86. The van der Waals surface area contributed by atoms with Gasteiger partial charge in [0.2, 0.25) is 11.8 Å². The zero-order chi connectivity index (χ0) is 25.0. The Morgan fingerprint density at radius 2 is 1.83 bits per heavy atom. The maximum absolute atomic E-state index is 13.4. The van der Waals surface area contributed by atoms with E-state index in [2.05, 4.69) is 11.1 Å². The molecule has 35 heavy (non-hydrogen) atoms. The van der Waals surface area contributed by atoms with Crippen LogP contribution in [0.1, 0.15) is 64.9 Å². The van der Waals surface area contributed by atoms with Crippen molar-refractivity contribution in [2.45, 2.75) is 71.1 Å². The first kappa shape index (κ1) is 25.5. The standard InChI is InChI=1S/C27H38FN3O4/c1-27(2,3)35-26(33)30-13-10-19(11-14-30)18-34-24-9-8-22(16-29-24)20-4-6-21(7-5-20)25(32)31-15-12-23(28)17-31/h4,8-9,16,19,21,23H,5-7,10-15,17-18H2,1-3H3/t21?,23-/m1/s1. The number of alkyl halides is 1. The molecule has 2 aliphatic heterocycles. The average molecular weight is 488 g/mol. The van der Waals surface area contributed by atoms with Gasteiger partial charge < -0.3 is 19.3 Å². The third kappa shape index (κ3) is 6.95. The quantitative estimate of drug-likeness (QED) is 0.593. The molecule has 7 nitrogen and oxygen atoms in total. The summed E-state index contributed by atoms with van der Waals surface area (Å²) in [5.74, 6) is 1.04. The van der Waals surface area contributed by atoms with Gasteiger partial charge in [-0.2, -0.15) is 0 Å². The van der Waals surface area contributed by atoms with E-state index in [1.807, 2.05) is 39.1 Å². The van der Waals surface area contributed by atoms with Gasteiger partial charge >= 0.3 is 6.09 Å². The number of likely N-dealkylation sites (tertiary alicyclic amines) is 2. The van der Waals surface area contributed by atoms with Crippen LogP contribution in [-0.4, -0.2) is 71.3 Å². The van der Waals surface area contributed by atoms with Crippen LogP contribution in [0.15, 0.2) is 24.4 Å². The molecule has 4 rings (SSSR count). The van der Waals surface area contributed by atoms with Crippen LogP contribution >= 0.6 is 0 Å². The first-order valence-electron chi connectivity index (χ1n) is 12.9. The van der Waals surface area contributed by atoms with Crippen LogP contribution in [0.2, 0.25) is 0 Å². The molecule has 0 N–H and O–H groups in total. The highest BCUT2D eigenvalue weighted by Gasteiger charge is 2.32. The zero-order valence-electron chi connectivity index (χ0n) is 21.2. The fourth-order valence-corrected chi connectivity index (χ4v) is 4.96. The van der Waals surface area contributed by atoms with Crippen molar-refractivity contribution in [3.05, 3.63) is 30.0 Å². The van der Waals surface area contributed by atoms with Gasteiger partial charge in [-0.05, 0) is 82.4 Å². The smallest absolute Gasteiger partial charge is 0.410 e. The molecule has 1 aliphatic carbocycles. The monoisotopic (exact) mass is 487 g/mol. The molecule has 1 aromatic rings. The van der Waals surface area contributed by atoms with Crippen molar-refractivity contribution >= 4 is 17.6 Å². The summed E-state index contributed by atoms with van der Waals surface area (Å²) in [7, 11) is 0. The van der Waals surface area contributed by atoms with Crippen LogP contribution in [0.3, 0.4) is 0 Å². The summed E-state index contributed by atoms with van der Waals surface area (Å²) in [6, 6.07) is 3.92. The van der Waals surface area contributed by atoms with Crippen molar-refractivity contribution < 1.29 is 23.5 Å². The third-order valence-electron chi connectivity index (χ3n) is 7.04. The number of carbonyl (C=O) groups excluding carboxylic acids is 2. The van der Waals surface area contributed by atoms with Crippen molar-refractivity contribution in [3.8, 4) is 5.88 Å². The van der Waals surface area contributed by atoms with Crippen LogP contribution in [0.25, 0.3) is 5.57 Å². The van der Waals surface area contributed by atoms with Gasteiger partial charge in [0.05, 0.1) is 13.2 Å². The Bertz CT molecular complexity index is 919. The van der Waals surface area contributed by atoms with E-state index in [0.29, 0.717) is 50.9 Å². The molecule has 2 saturated heterocycles. The number of hydrogen-bond donors (Lipinski definition) is 0. The molecule has 0 saturated carbocycles. The van der Waals surface area contributed by atoms with E-state index in [1.54, 1.807) is 9.80 Å². The molecule has 0 bridgehead atoms. The van der Waals surface area contributed by atoms with E-state index < -0.39 is 11.8 Å². The Morgan fingerprint density at radius 1 is 1.09 bits per heavy atom. The van der Waals surface area contributed by atoms with Gasteiger partial charge in [0.15, 0.2) is 0 Å². The Morgan fingerprint density at radius 3 is 2.40 bits per heavy atom. The molecule has 1 aromatic heterocycles. The molecule has 0 aromatic carbocycles. The molecule has 3 heterocycles. The van der Waals surface area contributed by atoms with Gasteiger partial charge in [-0.3, -0.25) is 4.79 Å². The van der Waals surface area contributed by atoms with Crippen LogP contribution in [0.4, 0.5) is 9.18 Å². The molecule has 1 unspecified atom stereocenters. The van der Waals surface area contributed by atoms with Crippen molar-refractivity contribution in [2.75, 3.05) is 32.8 Å². The minimum absolute atomic E-state index is 0.0404. The molecule has 3 aliphatic rings. The first-order valence-corrected chi connectivity index (χ1v) is 12.9. The van der Waals surface area contributed by atoms with Crippen molar-refractivity contribution in [2.24, 2.45) is 11.8 Å². The van der Waals surface area contributed by atoms with Crippen molar-refractivity contribution in [1.82, 2.24) is 14.8 Å². The summed E-state index contributed by atoms with van der Waals surface area (Å²) >= 11 is 0. The summed E-state index contributed by atoms with van der Waals surface area (Å²) in [5.41, 5.74) is 1.78. The number of piperidine rings is 1. The predicted molar refractivity (Wildman–Crippen MR) is 132 cm³/mol. The summed E-state index contributed by atoms with van der Waals surface area (Å²) in [4.78, 5) is 32.8. The second-order valence-corrected chi connectivity index (χ2v) is 11.0. The molecule has 2 atom stereocenters. The van der Waals surface area contributed by atoms with Crippen LogP contribution < -0.4 is 4.74 Å². The number of ether oxygens (including phenoxy) is 2. The van der Waals surface area contributed by atoms with Crippen LogP contribution in [0, 0.1) is 11.8 Å². The van der Waals surface area contributed by atoms with Crippen LogP contribution in [0.5, 0.6) is 5.88 Å². The van der Waals surface area contributed by atoms with Gasteiger partial charge in [-0.25, -0.2) is 14.2 Å². The van der Waals surface area contributed by atoms with E-state index in [0.717, 1.165) is 31.2 Å². The van der Waals surface area contributed by atoms with E-state index in [4.69, 9.17) is 9.47 Å². The molecular weight excluding hydrogens is 449 g/mol. The Kier molecular flexibility index (Phi) is 7.97. The van der Waals surface area contributed by atoms with Crippen molar-refractivity contribution in [1.29, 1.82) is 0 Å². The van der Waals surface area contributed by atoms with Crippen LogP contribution in [-0.2, 0) is 9.53 Å². The summed E-state index contributed by atoms with van der Waals surface area (Å²) in [6.45, 7) is 8.37. The summed E-state index contributed by atoms with van der Waals surface area (Å²) in [6.07, 6.45) is 7.39. The SMILES string of the molecule is CC(C)(C)OC(=O)N1CCC(COc2ccc(C3=CCC(C(=O)N4CC[C@@H](F)C4)CC3)cn2)CC1. The number of pyridine rings is 1. The lowest BCUT2D eigenvalue weighted by molar-refractivity contribution is -0.134. The third-order valence-corrected chi connectivity index (χ3v) is 7.04. The van der Waals surface area contributed by atoms with Gasteiger partial charge in [0.25, 0.3) is 0 Å². The highest BCUT2D eigenvalue weighted by molar-refractivity contribution is 5.81. The van der Waals surface area contributed by atoms with E-state index in [-0.39, 0.29) is 24.5 Å². The maximum atomic E-state index is 13.4. The summed E-state index contributed by atoms with van der Waals surface area (Å²) in [5, 5.41) is 0. The fourth-order valence-electron chi connectivity index (χ4n) is 4.96. The number of amides is 2.